The Labute approximate surface area is 159 Å². The molecule has 25 heavy (non-hydrogen) atoms. The van der Waals surface area contributed by atoms with Gasteiger partial charge in [-0.25, -0.2) is 8.42 Å². The van der Waals surface area contributed by atoms with Gasteiger partial charge >= 0.3 is 0 Å². The lowest BCUT2D eigenvalue weighted by molar-refractivity contribution is -0.124. The highest BCUT2D eigenvalue weighted by atomic mass is 79.9. The van der Waals surface area contributed by atoms with Crippen LogP contribution in [0.4, 0.5) is 0 Å². The molecule has 0 bridgehead atoms. The second-order valence-electron chi connectivity index (χ2n) is 7.57. The van der Waals surface area contributed by atoms with E-state index in [1.807, 2.05) is 27.7 Å². The topological polar surface area (TPSA) is 66.5 Å². The number of unbranched alkanes of at least 4 members (excludes halogenated alkanes) is 1. The predicted octanol–water partition coefficient (Wildman–Crippen LogP) is 3.54. The summed E-state index contributed by atoms with van der Waals surface area (Å²) in [6.07, 6.45) is 2.26. The summed E-state index contributed by atoms with van der Waals surface area (Å²) in [5, 5.41) is 2.95. The third-order valence-corrected chi connectivity index (χ3v) is 6.58. The number of nitrogens with zero attached hydrogens (tertiary/aromatic N) is 1. The molecule has 0 aliphatic heterocycles. The summed E-state index contributed by atoms with van der Waals surface area (Å²) in [6.45, 7) is 8.25. The summed E-state index contributed by atoms with van der Waals surface area (Å²) in [4.78, 5) is 12.7. The van der Waals surface area contributed by atoms with Crippen molar-refractivity contribution in [2.75, 3.05) is 6.54 Å². The number of hydrogen-bond acceptors (Lipinski definition) is 3. The first-order valence-electron chi connectivity index (χ1n) is 8.65. The molecule has 0 aromatic heterocycles. The molecule has 0 radical (unpaired) electrons. The normalized spacial score (nSPS) is 20.6. The van der Waals surface area contributed by atoms with E-state index < -0.39 is 10.0 Å². The molecule has 2 rings (SSSR count). The average molecular weight is 431 g/mol. The van der Waals surface area contributed by atoms with Gasteiger partial charge in [-0.15, -0.1) is 0 Å². The van der Waals surface area contributed by atoms with Crippen LogP contribution in [0.3, 0.4) is 0 Å². The number of sulfonamides is 1. The molecule has 1 aliphatic carbocycles. The molecule has 1 aromatic rings. The Balaban J connectivity index is 2.20. The molecule has 1 saturated carbocycles. The molecule has 140 valence electrons. The summed E-state index contributed by atoms with van der Waals surface area (Å²) >= 11 is 3.33. The quantitative estimate of drug-likeness (QED) is 0.718. The van der Waals surface area contributed by atoms with E-state index in [1.54, 1.807) is 24.3 Å². The fourth-order valence-corrected chi connectivity index (χ4v) is 4.74. The van der Waals surface area contributed by atoms with Crippen molar-refractivity contribution < 1.29 is 13.2 Å². The van der Waals surface area contributed by atoms with Crippen molar-refractivity contribution >= 4 is 31.9 Å². The van der Waals surface area contributed by atoms with E-state index in [9.17, 15) is 13.2 Å². The Morgan fingerprint density at radius 1 is 1.28 bits per heavy atom. The highest BCUT2D eigenvalue weighted by Gasteiger charge is 2.51. The van der Waals surface area contributed by atoms with Gasteiger partial charge in [-0.1, -0.05) is 29.3 Å². The maximum atomic E-state index is 13.1. The Bertz CT molecular complexity index is 711. The minimum Gasteiger partial charge on any atom is -0.351 e. The highest BCUT2D eigenvalue weighted by molar-refractivity contribution is 9.10. The molecule has 0 heterocycles. The number of benzene rings is 1. The minimum atomic E-state index is -3.60. The summed E-state index contributed by atoms with van der Waals surface area (Å²) < 4.78 is 28.5. The minimum absolute atomic E-state index is 0.0648. The van der Waals surface area contributed by atoms with E-state index in [2.05, 4.69) is 21.2 Å². The Kier molecular flexibility index (Phi) is 6.33. The molecule has 1 N–H and O–H groups in total. The first-order chi connectivity index (χ1) is 11.6. The van der Waals surface area contributed by atoms with E-state index in [0.717, 1.165) is 17.3 Å². The number of amides is 1. The van der Waals surface area contributed by atoms with Crippen molar-refractivity contribution in [1.29, 1.82) is 0 Å². The van der Waals surface area contributed by atoms with E-state index in [4.69, 9.17) is 0 Å². The molecule has 2 atom stereocenters. The van der Waals surface area contributed by atoms with Crippen LogP contribution in [0.15, 0.2) is 33.6 Å². The molecule has 1 aromatic carbocycles. The lowest BCUT2D eigenvalue weighted by Gasteiger charge is -2.24. The number of hydrogen-bond donors (Lipinski definition) is 1. The average Bonchev–Trinajstić information content (AvgIpc) is 3.26. The van der Waals surface area contributed by atoms with Gasteiger partial charge in [0, 0.05) is 22.6 Å². The van der Waals surface area contributed by atoms with Crippen LogP contribution >= 0.6 is 15.9 Å². The molecule has 7 heteroatoms. The van der Waals surface area contributed by atoms with E-state index in [1.165, 1.54) is 4.31 Å². The first kappa shape index (κ1) is 20.4. The lowest BCUT2D eigenvalue weighted by Crippen LogP contribution is -2.43. The van der Waals surface area contributed by atoms with Crippen molar-refractivity contribution in [3.63, 3.8) is 0 Å². The molecule has 1 fully saturated rings. The second kappa shape index (κ2) is 7.76. The predicted molar refractivity (Wildman–Crippen MR) is 103 cm³/mol. The summed E-state index contributed by atoms with van der Waals surface area (Å²) in [7, 11) is -3.60. The molecule has 0 saturated heterocycles. The zero-order chi connectivity index (χ0) is 18.8. The van der Waals surface area contributed by atoms with Gasteiger partial charge in [0.05, 0.1) is 10.8 Å². The smallest absolute Gasteiger partial charge is 0.243 e. The van der Waals surface area contributed by atoms with Gasteiger partial charge in [0.1, 0.15) is 0 Å². The molecule has 1 amide bonds. The van der Waals surface area contributed by atoms with Gasteiger partial charge in [0.2, 0.25) is 15.9 Å². The van der Waals surface area contributed by atoms with Crippen molar-refractivity contribution in [2.24, 2.45) is 5.92 Å². The van der Waals surface area contributed by atoms with Crippen LogP contribution in [0.2, 0.25) is 0 Å². The monoisotopic (exact) mass is 430 g/mol. The van der Waals surface area contributed by atoms with E-state index in [-0.39, 0.29) is 28.3 Å². The molecule has 1 aliphatic rings. The van der Waals surface area contributed by atoms with Crippen LogP contribution in [-0.2, 0) is 14.8 Å². The van der Waals surface area contributed by atoms with E-state index >= 15 is 0 Å². The number of nitrogens with one attached hydrogen (secondary N) is 1. The zero-order valence-electron chi connectivity index (χ0n) is 15.3. The third-order valence-electron chi connectivity index (χ3n) is 4.11. The first-order valence-corrected chi connectivity index (χ1v) is 10.9. The SMILES string of the molecule is CCCCN([C@H]1C[C@H]1C(=O)NC(C)(C)C)S(=O)(=O)c1ccc(Br)cc1. The van der Waals surface area contributed by atoms with Crippen LogP contribution in [0.1, 0.15) is 47.0 Å². The standard InChI is InChI=1S/C18H27BrN2O3S/c1-5-6-11-21(16-12-15(16)17(22)20-18(2,3)4)25(23,24)14-9-7-13(19)8-10-14/h7-10,15-16H,5-6,11-12H2,1-4H3,(H,20,22)/t15-,16+/m1/s1. The van der Waals surface area contributed by atoms with Crippen LogP contribution in [0, 0.1) is 5.92 Å². The Morgan fingerprint density at radius 2 is 1.88 bits per heavy atom. The summed E-state index contributed by atoms with van der Waals surface area (Å²) in [6, 6.07) is 6.40. The molecule has 0 spiro atoms. The van der Waals surface area contributed by atoms with Crippen LogP contribution in [0.5, 0.6) is 0 Å². The number of carbonyl (C=O) groups is 1. The van der Waals surface area contributed by atoms with Crippen LogP contribution in [0.25, 0.3) is 0 Å². The zero-order valence-corrected chi connectivity index (χ0v) is 17.7. The fraction of sp³-hybridized carbons (Fsp3) is 0.611. The lowest BCUT2D eigenvalue weighted by atomic mass is 10.1. The summed E-state index contributed by atoms with van der Waals surface area (Å²) in [5.41, 5.74) is -0.316. The number of halogens is 1. The number of rotatable bonds is 7. The van der Waals surface area contributed by atoms with Crippen molar-refractivity contribution in [1.82, 2.24) is 9.62 Å². The van der Waals surface area contributed by atoms with Gasteiger partial charge in [-0.2, -0.15) is 4.31 Å². The van der Waals surface area contributed by atoms with Gasteiger partial charge in [-0.05, 0) is 57.9 Å². The molecule has 5 nitrogen and oxygen atoms in total. The molecular weight excluding hydrogens is 404 g/mol. The largest absolute Gasteiger partial charge is 0.351 e. The van der Waals surface area contributed by atoms with Gasteiger partial charge in [0.15, 0.2) is 0 Å². The van der Waals surface area contributed by atoms with Crippen molar-refractivity contribution in [2.45, 2.75) is 63.4 Å². The van der Waals surface area contributed by atoms with E-state index in [0.29, 0.717) is 13.0 Å². The van der Waals surface area contributed by atoms with Crippen molar-refractivity contribution in [3.8, 4) is 0 Å². The summed E-state index contributed by atoms with van der Waals surface area (Å²) in [5.74, 6) is -0.327. The third kappa shape index (κ3) is 5.28. The fourth-order valence-electron chi connectivity index (χ4n) is 2.76. The highest BCUT2D eigenvalue weighted by Crippen LogP contribution is 2.39. The number of carbonyl (C=O) groups excluding carboxylic acids is 1. The van der Waals surface area contributed by atoms with Gasteiger partial charge in [0.25, 0.3) is 0 Å². The van der Waals surface area contributed by atoms with Crippen LogP contribution in [-0.4, -0.2) is 36.8 Å². The maximum absolute atomic E-state index is 13.1. The maximum Gasteiger partial charge on any atom is 0.243 e. The van der Waals surface area contributed by atoms with Gasteiger partial charge < -0.3 is 5.32 Å². The van der Waals surface area contributed by atoms with Crippen LogP contribution < -0.4 is 5.32 Å². The molecular formula is C18H27BrN2O3S. The van der Waals surface area contributed by atoms with Gasteiger partial charge in [-0.3, -0.25) is 4.79 Å². The Morgan fingerprint density at radius 3 is 2.40 bits per heavy atom. The van der Waals surface area contributed by atoms with Crippen molar-refractivity contribution in [3.05, 3.63) is 28.7 Å². The Hall–Kier alpha value is -0.920. The second-order valence-corrected chi connectivity index (χ2v) is 10.4. The molecule has 0 unspecified atom stereocenters.